The van der Waals surface area contributed by atoms with Gasteiger partial charge in [0.15, 0.2) is 0 Å². The third-order valence-electron chi connectivity index (χ3n) is 2.92. The van der Waals surface area contributed by atoms with Gasteiger partial charge in [-0.1, -0.05) is 25.1 Å². The van der Waals surface area contributed by atoms with E-state index in [-0.39, 0.29) is 5.92 Å². The van der Waals surface area contributed by atoms with Crippen LogP contribution in [0.5, 0.6) is 0 Å². The van der Waals surface area contributed by atoms with E-state index in [0.29, 0.717) is 0 Å². The molecule has 1 N–H and O–H groups in total. The lowest BCUT2D eigenvalue weighted by molar-refractivity contribution is -0.138. The summed E-state index contributed by atoms with van der Waals surface area (Å²) < 4.78 is 5.27. The second-order valence-corrected chi connectivity index (χ2v) is 4.54. The maximum absolute atomic E-state index is 11.0. The van der Waals surface area contributed by atoms with Crippen LogP contribution >= 0.6 is 0 Å². The number of carboxylic acid groups (broad SMARTS) is 1. The molecule has 17 heavy (non-hydrogen) atoms. The minimum atomic E-state index is -0.827. The Morgan fingerprint density at radius 2 is 2.06 bits per heavy atom. The van der Waals surface area contributed by atoms with Crippen LogP contribution < -0.4 is 0 Å². The largest absolute Gasteiger partial charge is 0.481 e. The Bertz CT molecular complexity index is 557. The van der Waals surface area contributed by atoms with Crippen LogP contribution in [0.3, 0.4) is 0 Å². The average Bonchev–Trinajstić information content (AvgIpc) is 2.70. The summed E-state index contributed by atoms with van der Waals surface area (Å²) in [4.78, 5) is 11.0. The van der Waals surface area contributed by atoms with E-state index < -0.39 is 11.9 Å². The third kappa shape index (κ3) is 2.02. The highest BCUT2D eigenvalue weighted by Gasteiger charge is 2.17. The molecule has 0 saturated heterocycles. The molecule has 0 bridgehead atoms. The molecule has 0 aliphatic heterocycles. The first-order valence-corrected chi connectivity index (χ1v) is 5.62. The Morgan fingerprint density at radius 1 is 1.35 bits per heavy atom. The van der Waals surface area contributed by atoms with Gasteiger partial charge in [0.2, 0.25) is 0 Å². The van der Waals surface area contributed by atoms with Gasteiger partial charge in [-0.25, -0.2) is 0 Å². The van der Waals surface area contributed by atoms with Crippen LogP contribution in [0.1, 0.15) is 43.9 Å². The van der Waals surface area contributed by atoms with Crippen molar-refractivity contribution in [2.24, 2.45) is 0 Å². The topological polar surface area (TPSA) is 63.3 Å². The molecule has 2 rings (SSSR count). The van der Waals surface area contributed by atoms with Crippen molar-refractivity contribution in [2.75, 3.05) is 0 Å². The SMILES string of the molecule is CC(C)c1onc2ccc(C(C)C(=O)O)cc12. The molecule has 1 aromatic carbocycles. The van der Waals surface area contributed by atoms with Gasteiger partial charge in [-0.05, 0) is 24.6 Å². The molecule has 0 aliphatic rings. The van der Waals surface area contributed by atoms with Crippen molar-refractivity contribution in [2.45, 2.75) is 32.6 Å². The molecule has 0 radical (unpaired) electrons. The molecule has 0 aliphatic carbocycles. The van der Waals surface area contributed by atoms with E-state index in [9.17, 15) is 4.79 Å². The van der Waals surface area contributed by atoms with Gasteiger partial charge in [0.1, 0.15) is 11.3 Å². The van der Waals surface area contributed by atoms with Crippen LogP contribution in [0.4, 0.5) is 0 Å². The van der Waals surface area contributed by atoms with Crippen LogP contribution in [0.25, 0.3) is 10.9 Å². The van der Waals surface area contributed by atoms with Crippen molar-refractivity contribution in [1.82, 2.24) is 5.16 Å². The molecule has 1 unspecified atom stereocenters. The van der Waals surface area contributed by atoms with Crippen molar-refractivity contribution < 1.29 is 14.4 Å². The van der Waals surface area contributed by atoms with Gasteiger partial charge >= 0.3 is 5.97 Å². The zero-order valence-corrected chi connectivity index (χ0v) is 10.1. The van der Waals surface area contributed by atoms with Gasteiger partial charge in [0.05, 0.1) is 5.92 Å². The fourth-order valence-corrected chi connectivity index (χ4v) is 1.81. The lowest BCUT2D eigenvalue weighted by Gasteiger charge is -2.06. The number of benzene rings is 1. The van der Waals surface area contributed by atoms with Crippen LogP contribution in [0, 0.1) is 0 Å². The van der Waals surface area contributed by atoms with Gasteiger partial charge in [0, 0.05) is 11.3 Å². The minimum absolute atomic E-state index is 0.232. The minimum Gasteiger partial charge on any atom is -0.481 e. The van der Waals surface area contributed by atoms with Crippen molar-refractivity contribution in [3.05, 3.63) is 29.5 Å². The number of rotatable bonds is 3. The predicted molar refractivity (Wildman–Crippen MR) is 64.1 cm³/mol. The van der Waals surface area contributed by atoms with Gasteiger partial charge in [-0.2, -0.15) is 0 Å². The van der Waals surface area contributed by atoms with Crippen LogP contribution in [-0.4, -0.2) is 16.2 Å². The monoisotopic (exact) mass is 233 g/mol. The van der Waals surface area contributed by atoms with Gasteiger partial charge < -0.3 is 9.63 Å². The Labute approximate surface area is 99.2 Å². The third-order valence-corrected chi connectivity index (χ3v) is 2.92. The molecule has 1 heterocycles. The standard InChI is InChI=1S/C13H15NO3/c1-7(2)12-10-6-9(8(3)13(15)16)4-5-11(10)14-17-12/h4-8H,1-3H3,(H,15,16). The molecule has 0 fully saturated rings. The predicted octanol–water partition coefficient (Wildman–Crippen LogP) is 3.14. The molecule has 90 valence electrons. The second-order valence-electron chi connectivity index (χ2n) is 4.54. The Hall–Kier alpha value is -1.84. The van der Waals surface area contributed by atoms with Crippen LogP contribution in [0.15, 0.2) is 22.7 Å². The quantitative estimate of drug-likeness (QED) is 0.884. The number of carboxylic acids is 1. The van der Waals surface area contributed by atoms with Crippen LogP contribution in [-0.2, 0) is 4.79 Å². The molecule has 2 aromatic rings. The van der Waals surface area contributed by atoms with Crippen molar-refractivity contribution in [3.8, 4) is 0 Å². The average molecular weight is 233 g/mol. The molecule has 4 heteroatoms. The van der Waals surface area contributed by atoms with E-state index in [1.54, 1.807) is 19.1 Å². The molecular formula is C13H15NO3. The summed E-state index contributed by atoms with van der Waals surface area (Å²) >= 11 is 0. The van der Waals surface area contributed by atoms with Crippen molar-refractivity contribution in [3.63, 3.8) is 0 Å². The summed E-state index contributed by atoms with van der Waals surface area (Å²) in [6.07, 6.45) is 0. The van der Waals surface area contributed by atoms with E-state index >= 15 is 0 Å². The normalized spacial score (nSPS) is 13.2. The smallest absolute Gasteiger partial charge is 0.310 e. The van der Waals surface area contributed by atoms with Gasteiger partial charge in [0.25, 0.3) is 0 Å². The van der Waals surface area contributed by atoms with Crippen molar-refractivity contribution >= 4 is 16.9 Å². The summed E-state index contributed by atoms with van der Waals surface area (Å²) in [6.45, 7) is 5.71. The molecule has 0 spiro atoms. The molecular weight excluding hydrogens is 218 g/mol. The fraction of sp³-hybridized carbons (Fsp3) is 0.385. The summed E-state index contributed by atoms with van der Waals surface area (Å²) in [5, 5.41) is 13.9. The number of hydrogen-bond acceptors (Lipinski definition) is 3. The summed E-state index contributed by atoms with van der Waals surface area (Å²) in [6, 6.07) is 5.45. The second kappa shape index (κ2) is 4.20. The number of hydrogen-bond donors (Lipinski definition) is 1. The highest BCUT2D eigenvalue weighted by Crippen LogP contribution is 2.28. The molecule has 0 amide bonds. The van der Waals surface area contributed by atoms with E-state index in [2.05, 4.69) is 5.16 Å². The number of nitrogens with zero attached hydrogens (tertiary/aromatic N) is 1. The fourth-order valence-electron chi connectivity index (χ4n) is 1.81. The maximum Gasteiger partial charge on any atom is 0.310 e. The Morgan fingerprint density at radius 3 is 2.65 bits per heavy atom. The van der Waals surface area contributed by atoms with E-state index in [1.807, 2.05) is 19.9 Å². The number of carbonyl (C=O) groups is 1. The highest BCUT2D eigenvalue weighted by atomic mass is 16.5. The zero-order valence-electron chi connectivity index (χ0n) is 10.1. The summed E-state index contributed by atoms with van der Waals surface area (Å²) in [7, 11) is 0. The maximum atomic E-state index is 11.0. The van der Waals surface area contributed by atoms with E-state index in [4.69, 9.17) is 9.63 Å². The van der Waals surface area contributed by atoms with E-state index in [0.717, 1.165) is 22.2 Å². The molecule has 1 aromatic heterocycles. The first kappa shape index (κ1) is 11.6. The van der Waals surface area contributed by atoms with Gasteiger partial charge in [-0.3, -0.25) is 4.79 Å². The van der Waals surface area contributed by atoms with E-state index in [1.165, 1.54) is 0 Å². The first-order chi connectivity index (χ1) is 8.00. The zero-order chi connectivity index (χ0) is 12.6. The Kier molecular flexibility index (Phi) is 2.88. The van der Waals surface area contributed by atoms with Gasteiger partial charge in [-0.15, -0.1) is 0 Å². The molecule has 4 nitrogen and oxygen atoms in total. The highest BCUT2D eigenvalue weighted by molar-refractivity contribution is 5.84. The number of fused-ring (bicyclic) bond motifs is 1. The Balaban J connectivity index is 2.55. The first-order valence-electron chi connectivity index (χ1n) is 5.62. The number of aliphatic carboxylic acids is 1. The molecule has 1 atom stereocenters. The van der Waals surface area contributed by atoms with Crippen molar-refractivity contribution in [1.29, 1.82) is 0 Å². The molecule has 0 saturated carbocycles. The van der Waals surface area contributed by atoms with Crippen LogP contribution in [0.2, 0.25) is 0 Å². The summed E-state index contributed by atoms with van der Waals surface area (Å²) in [5.74, 6) is -0.309. The summed E-state index contributed by atoms with van der Waals surface area (Å²) in [5.41, 5.74) is 1.55. The lowest BCUT2D eigenvalue weighted by Crippen LogP contribution is -2.07. The lowest BCUT2D eigenvalue weighted by atomic mass is 9.98. The number of aromatic nitrogens is 1.